The first-order valence-electron chi connectivity index (χ1n) is 6.78. The van der Waals surface area contributed by atoms with Crippen molar-refractivity contribution in [3.05, 3.63) is 47.7 Å². The Balaban J connectivity index is 2.34. The van der Waals surface area contributed by atoms with Crippen LogP contribution in [-0.4, -0.2) is 27.6 Å². The van der Waals surface area contributed by atoms with Gasteiger partial charge in [0.05, 0.1) is 17.9 Å². The van der Waals surface area contributed by atoms with E-state index in [9.17, 15) is 14.7 Å². The monoisotopic (exact) mass is 289 g/mol. The van der Waals surface area contributed by atoms with Crippen LogP contribution in [0.25, 0.3) is 0 Å². The van der Waals surface area contributed by atoms with Crippen molar-refractivity contribution in [3.8, 4) is 0 Å². The summed E-state index contributed by atoms with van der Waals surface area (Å²) in [7, 11) is 0. The fourth-order valence-corrected chi connectivity index (χ4v) is 2.25. The molecule has 0 spiro atoms. The van der Waals surface area contributed by atoms with Crippen molar-refractivity contribution < 1.29 is 19.4 Å². The van der Waals surface area contributed by atoms with Gasteiger partial charge in [0.1, 0.15) is 5.60 Å². The van der Waals surface area contributed by atoms with Crippen molar-refractivity contribution in [3.63, 3.8) is 0 Å². The topological polar surface area (TPSA) is 66.8 Å². The summed E-state index contributed by atoms with van der Waals surface area (Å²) in [5.41, 5.74) is 0.341. The second-order valence-corrected chi connectivity index (χ2v) is 5.94. The molecule has 0 aliphatic carbocycles. The Labute approximate surface area is 123 Å². The molecule has 5 heteroatoms. The van der Waals surface area contributed by atoms with Crippen LogP contribution in [0, 0.1) is 0 Å². The molecule has 0 saturated carbocycles. The molecule has 2 rings (SSSR count). The molecule has 1 unspecified atom stereocenters. The van der Waals surface area contributed by atoms with Gasteiger partial charge in [-0.2, -0.15) is 0 Å². The Hall–Kier alpha value is -2.30. The Morgan fingerprint density at radius 3 is 2.48 bits per heavy atom. The summed E-state index contributed by atoms with van der Waals surface area (Å²) in [5, 5.41) is 9.17. The fourth-order valence-electron chi connectivity index (χ4n) is 2.25. The number of nitrogens with zero attached hydrogens (tertiary/aromatic N) is 1. The number of benzene rings is 1. The third-order valence-corrected chi connectivity index (χ3v) is 3.15. The largest absolute Gasteiger partial charge is 0.515 e. The number of ether oxygens (including phenoxy) is 1. The zero-order chi connectivity index (χ0) is 15.6. The molecule has 1 heterocycles. The molecule has 0 aromatic heterocycles. The summed E-state index contributed by atoms with van der Waals surface area (Å²) in [6.45, 7) is 5.23. The Morgan fingerprint density at radius 1 is 1.33 bits per heavy atom. The molecule has 0 radical (unpaired) electrons. The van der Waals surface area contributed by atoms with E-state index in [0.717, 1.165) is 16.7 Å². The Kier molecular flexibility index (Phi) is 4.02. The normalized spacial score (nSPS) is 20.9. The standard InChI is InChI=1S/C16H19NO4/c1-16(2,3)21-15(20)17-13(9-12(10-18)14(17)19)11-7-5-4-6-8-11/h4-8,10,13,18H,9H2,1-3H3/b12-10-. The van der Waals surface area contributed by atoms with Gasteiger partial charge in [0.15, 0.2) is 0 Å². The van der Waals surface area contributed by atoms with Crippen LogP contribution < -0.4 is 0 Å². The highest BCUT2D eigenvalue weighted by Gasteiger charge is 2.42. The number of amides is 2. The lowest BCUT2D eigenvalue weighted by atomic mass is 10.0. The third-order valence-electron chi connectivity index (χ3n) is 3.15. The summed E-state index contributed by atoms with van der Waals surface area (Å²) in [6.07, 6.45) is 0.347. The molecule has 1 N–H and O–H groups in total. The van der Waals surface area contributed by atoms with Gasteiger partial charge in [-0.3, -0.25) is 4.79 Å². The van der Waals surface area contributed by atoms with E-state index in [2.05, 4.69) is 0 Å². The van der Waals surface area contributed by atoms with E-state index in [1.54, 1.807) is 20.8 Å². The van der Waals surface area contributed by atoms with E-state index in [4.69, 9.17) is 4.74 Å². The number of carbonyl (C=O) groups is 2. The maximum Gasteiger partial charge on any atom is 0.417 e. The minimum absolute atomic E-state index is 0.203. The molecule has 1 aliphatic heterocycles. The molecule has 1 aromatic rings. The van der Waals surface area contributed by atoms with Gasteiger partial charge in [0, 0.05) is 6.42 Å². The Bertz CT molecular complexity index is 572. The summed E-state index contributed by atoms with van der Waals surface area (Å²) < 4.78 is 5.29. The van der Waals surface area contributed by atoms with Gasteiger partial charge in [0.25, 0.3) is 5.91 Å². The predicted molar refractivity (Wildman–Crippen MR) is 77.6 cm³/mol. The van der Waals surface area contributed by atoms with Crippen LogP contribution in [0.15, 0.2) is 42.2 Å². The van der Waals surface area contributed by atoms with Gasteiger partial charge in [0.2, 0.25) is 0 Å². The summed E-state index contributed by atoms with van der Waals surface area (Å²) in [4.78, 5) is 25.6. The molecule has 1 saturated heterocycles. The van der Waals surface area contributed by atoms with Crippen LogP contribution in [0.4, 0.5) is 4.79 Å². The average Bonchev–Trinajstić information content (AvgIpc) is 2.75. The lowest BCUT2D eigenvalue weighted by Crippen LogP contribution is -2.39. The lowest BCUT2D eigenvalue weighted by Gasteiger charge is -2.27. The third kappa shape index (κ3) is 3.24. The number of imide groups is 1. The van der Waals surface area contributed by atoms with E-state index < -0.39 is 23.6 Å². The van der Waals surface area contributed by atoms with Gasteiger partial charge in [-0.15, -0.1) is 0 Å². The maximum absolute atomic E-state index is 12.3. The highest BCUT2D eigenvalue weighted by molar-refractivity contribution is 6.05. The second kappa shape index (κ2) is 5.60. The van der Waals surface area contributed by atoms with E-state index in [0.29, 0.717) is 0 Å². The molecule has 2 amide bonds. The first-order chi connectivity index (χ1) is 9.83. The number of rotatable bonds is 1. The number of aliphatic hydroxyl groups is 1. The molecule has 1 atom stereocenters. The fraction of sp³-hybridized carbons (Fsp3) is 0.375. The first-order valence-corrected chi connectivity index (χ1v) is 6.78. The number of carbonyl (C=O) groups excluding carboxylic acids is 2. The maximum atomic E-state index is 12.3. The number of likely N-dealkylation sites (tertiary alicyclic amines) is 1. The first kappa shape index (κ1) is 15.1. The Morgan fingerprint density at radius 2 is 1.95 bits per heavy atom. The minimum Gasteiger partial charge on any atom is -0.515 e. The van der Waals surface area contributed by atoms with Gasteiger partial charge in [-0.05, 0) is 26.3 Å². The number of aliphatic hydroxyl groups excluding tert-OH is 1. The van der Waals surface area contributed by atoms with Crippen molar-refractivity contribution in [2.75, 3.05) is 0 Å². The van der Waals surface area contributed by atoms with Crippen LogP contribution >= 0.6 is 0 Å². The van der Waals surface area contributed by atoms with Gasteiger partial charge in [-0.25, -0.2) is 9.69 Å². The van der Waals surface area contributed by atoms with Crippen molar-refractivity contribution in [2.45, 2.75) is 38.8 Å². The van der Waals surface area contributed by atoms with Gasteiger partial charge in [-0.1, -0.05) is 30.3 Å². The SMILES string of the molecule is CC(C)(C)OC(=O)N1C(=O)/C(=C\O)CC1c1ccccc1. The predicted octanol–water partition coefficient (Wildman–Crippen LogP) is 3.34. The highest BCUT2D eigenvalue weighted by atomic mass is 16.6. The molecular weight excluding hydrogens is 270 g/mol. The van der Waals surface area contributed by atoms with Crippen LogP contribution in [0.1, 0.15) is 38.8 Å². The summed E-state index contributed by atoms with van der Waals surface area (Å²) >= 11 is 0. The highest BCUT2D eigenvalue weighted by Crippen LogP contribution is 2.36. The number of hydrogen-bond acceptors (Lipinski definition) is 4. The molecular formula is C16H19NO4. The number of hydrogen-bond donors (Lipinski definition) is 1. The van der Waals surface area contributed by atoms with Gasteiger partial charge < -0.3 is 9.84 Å². The van der Waals surface area contributed by atoms with Crippen LogP contribution in [0.2, 0.25) is 0 Å². The second-order valence-electron chi connectivity index (χ2n) is 5.94. The molecule has 0 bridgehead atoms. The minimum atomic E-state index is -0.696. The molecule has 5 nitrogen and oxygen atoms in total. The van der Waals surface area contributed by atoms with Crippen molar-refractivity contribution in [2.24, 2.45) is 0 Å². The van der Waals surface area contributed by atoms with Gasteiger partial charge >= 0.3 is 6.09 Å². The van der Waals surface area contributed by atoms with Crippen molar-refractivity contribution >= 4 is 12.0 Å². The summed E-state index contributed by atoms with van der Waals surface area (Å²) in [5.74, 6) is -0.513. The van der Waals surface area contributed by atoms with Crippen molar-refractivity contribution in [1.29, 1.82) is 0 Å². The summed E-state index contributed by atoms with van der Waals surface area (Å²) in [6, 6.07) is 8.78. The van der Waals surface area contributed by atoms with E-state index in [1.165, 1.54) is 0 Å². The van der Waals surface area contributed by atoms with Crippen LogP contribution in [0.3, 0.4) is 0 Å². The lowest BCUT2D eigenvalue weighted by molar-refractivity contribution is -0.125. The smallest absolute Gasteiger partial charge is 0.417 e. The van der Waals surface area contributed by atoms with Crippen LogP contribution in [0.5, 0.6) is 0 Å². The quantitative estimate of drug-likeness (QED) is 0.636. The zero-order valence-corrected chi connectivity index (χ0v) is 12.4. The average molecular weight is 289 g/mol. The van der Waals surface area contributed by atoms with E-state index >= 15 is 0 Å². The molecule has 1 aliphatic rings. The van der Waals surface area contributed by atoms with Crippen molar-refractivity contribution in [1.82, 2.24) is 4.90 Å². The van der Waals surface area contributed by atoms with Crippen LogP contribution in [-0.2, 0) is 9.53 Å². The van der Waals surface area contributed by atoms with E-state index in [-0.39, 0.29) is 12.0 Å². The molecule has 112 valence electrons. The molecule has 1 aromatic carbocycles. The van der Waals surface area contributed by atoms with E-state index in [1.807, 2.05) is 30.3 Å². The zero-order valence-electron chi connectivity index (χ0n) is 12.4. The molecule has 21 heavy (non-hydrogen) atoms. The molecule has 1 fully saturated rings.